The summed E-state index contributed by atoms with van der Waals surface area (Å²) in [5, 5.41) is 0. The Balaban J connectivity index is 1.64. The van der Waals surface area contributed by atoms with Crippen molar-refractivity contribution < 1.29 is 23.8 Å². The Morgan fingerprint density at radius 2 is 1.74 bits per heavy atom. The molecule has 2 aromatic carbocycles. The van der Waals surface area contributed by atoms with E-state index in [-0.39, 0.29) is 18.4 Å². The zero-order valence-corrected chi connectivity index (χ0v) is 24.6. The number of carbonyl (C=O) groups is 2. The lowest BCUT2D eigenvalue weighted by molar-refractivity contribution is -0.143. The first-order valence-corrected chi connectivity index (χ1v) is 14.2. The highest BCUT2D eigenvalue weighted by atomic mass is 16.5. The molecule has 0 bridgehead atoms. The summed E-state index contributed by atoms with van der Waals surface area (Å²) in [5.74, 6) is 1.19. The van der Waals surface area contributed by atoms with Gasteiger partial charge in [-0.15, -0.1) is 0 Å². The van der Waals surface area contributed by atoms with E-state index >= 15 is 0 Å². The summed E-state index contributed by atoms with van der Waals surface area (Å²) in [6.45, 7) is 3.96. The Labute approximate surface area is 248 Å². The minimum absolute atomic E-state index is 0.153. The maximum absolute atomic E-state index is 13.9. The summed E-state index contributed by atoms with van der Waals surface area (Å²) >= 11 is 0. The lowest BCUT2D eigenvalue weighted by atomic mass is 10.0. The van der Waals surface area contributed by atoms with Crippen molar-refractivity contribution in [1.82, 2.24) is 14.8 Å². The summed E-state index contributed by atoms with van der Waals surface area (Å²) in [6, 6.07) is 20.4. The monoisotopic (exact) mass is 572 g/mol. The van der Waals surface area contributed by atoms with Crippen molar-refractivity contribution >= 4 is 23.7 Å². The number of morpholine rings is 1. The number of hydrogen-bond acceptors (Lipinski definition) is 7. The second-order valence-electron chi connectivity index (χ2n) is 10.2. The molecule has 42 heavy (non-hydrogen) atoms. The molecule has 0 radical (unpaired) electrons. The summed E-state index contributed by atoms with van der Waals surface area (Å²) in [4.78, 5) is 37.9. The molecule has 4 rings (SSSR count). The molecule has 1 aliphatic rings. The summed E-state index contributed by atoms with van der Waals surface area (Å²) < 4.78 is 15.9. The number of anilines is 1. The van der Waals surface area contributed by atoms with Crippen LogP contribution in [-0.2, 0) is 32.0 Å². The van der Waals surface area contributed by atoms with Gasteiger partial charge in [-0.05, 0) is 41.0 Å². The maximum atomic E-state index is 13.9. The summed E-state index contributed by atoms with van der Waals surface area (Å²) in [5.41, 5.74) is 2.65. The van der Waals surface area contributed by atoms with Crippen LogP contribution >= 0.6 is 0 Å². The van der Waals surface area contributed by atoms with Crippen molar-refractivity contribution in [2.75, 3.05) is 65.6 Å². The number of carbonyl (C=O) groups excluding carboxylic acids is 2. The molecule has 0 spiro atoms. The predicted octanol–water partition coefficient (Wildman–Crippen LogP) is 3.68. The van der Waals surface area contributed by atoms with Gasteiger partial charge in [-0.1, -0.05) is 48.5 Å². The molecule has 1 saturated heterocycles. The first-order chi connectivity index (χ1) is 20.5. The number of benzene rings is 2. The van der Waals surface area contributed by atoms with Crippen molar-refractivity contribution in [1.29, 1.82) is 0 Å². The van der Waals surface area contributed by atoms with Crippen molar-refractivity contribution in [3.8, 4) is 5.75 Å². The van der Waals surface area contributed by atoms with Crippen LogP contribution in [0.3, 0.4) is 0 Å². The van der Waals surface area contributed by atoms with Gasteiger partial charge >= 0.3 is 0 Å². The second kappa shape index (κ2) is 15.7. The van der Waals surface area contributed by atoms with Crippen LogP contribution in [0.1, 0.15) is 16.7 Å². The number of methoxy groups -OCH3 is 2. The fraction of sp³-hybridized carbons (Fsp3) is 0.364. The molecule has 1 fully saturated rings. The molecule has 2 amide bonds. The Bertz CT molecular complexity index is 1290. The molecule has 1 aliphatic heterocycles. The van der Waals surface area contributed by atoms with Gasteiger partial charge in [0.1, 0.15) is 17.6 Å². The van der Waals surface area contributed by atoms with Gasteiger partial charge < -0.3 is 28.9 Å². The highest BCUT2D eigenvalue weighted by Gasteiger charge is 2.31. The van der Waals surface area contributed by atoms with E-state index in [0.29, 0.717) is 32.8 Å². The van der Waals surface area contributed by atoms with Crippen LogP contribution in [-0.4, -0.2) is 93.4 Å². The van der Waals surface area contributed by atoms with E-state index in [9.17, 15) is 9.59 Å². The number of rotatable bonds is 13. The lowest BCUT2D eigenvalue weighted by Gasteiger charge is -2.33. The third kappa shape index (κ3) is 8.64. The fourth-order valence-corrected chi connectivity index (χ4v) is 4.77. The second-order valence-corrected chi connectivity index (χ2v) is 10.2. The van der Waals surface area contributed by atoms with E-state index in [0.717, 1.165) is 41.3 Å². The van der Waals surface area contributed by atoms with E-state index in [2.05, 4.69) is 9.88 Å². The van der Waals surface area contributed by atoms with Crippen LogP contribution in [0.15, 0.2) is 79.0 Å². The molecule has 1 atom stereocenters. The zero-order chi connectivity index (χ0) is 29.7. The molecule has 3 aromatic rings. The highest BCUT2D eigenvalue weighted by Crippen LogP contribution is 2.20. The number of amides is 2. The van der Waals surface area contributed by atoms with E-state index < -0.39 is 6.04 Å². The van der Waals surface area contributed by atoms with Crippen LogP contribution in [0.5, 0.6) is 5.75 Å². The van der Waals surface area contributed by atoms with E-state index in [1.165, 1.54) is 6.08 Å². The Kier molecular flexibility index (Phi) is 11.5. The molecule has 2 heterocycles. The minimum Gasteiger partial charge on any atom is -0.497 e. The lowest BCUT2D eigenvalue weighted by Crippen LogP contribution is -2.51. The van der Waals surface area contributed by atoms with E-state index in [4.69, 9.17) is 14.2 Å². The topological polar surface area (TPSA) is 84.4 Å². The minimum atomic E-state index is -0.735. The third-order valence-electron chi connectivity index (χ3n) is 7.25. The van der Waals surface area contributed by atoms with Gasteiger partial charge in [0.2, 0.25) is 11.8 Å². The number of likely N-dealkylation sites (N-methyl/N-ethyl adjacent to an activating group) is 1. The number of ether oxygens (including phenoxy) is 3. The molecule has 1 aromatic heterocycles. The van der Waals surface area contributed by atoms with Gasteiger partial charge in [0.15, 0.2) is 0 Å². The van der Waals surface area contributed by atoms with Crippen molar-refractivity contribution in [3.05, 3.63) is 95.7 Å². The summed E-state index contributed by atoms with van der Waals surface area (Å²) in [6.07, 6.45) is 5.44. The van der Waals surface area contributed by atoms with Crippen LogP contribution < -0.4 is 9.64 Å². The average Bonchev–Trinajstić information content (AvgIpc) is 3.05. The third-order valence-corrected chi connectivity index (χ3v) is 7.25. The highest BCUT2D eigenvalue weighted by molar-refractivity contribution is 5.95. The van der Waals surface area contributed by atoms with Gasteiger partial charge in [-0.2, -0.15) is 0 Å². The number of pyridine rings is 1. The van der Waals surface area contributed by atoms with Crippen molar-refractivity contribution in [3.63, 3.8) is 0 Å². The van der Waals surface area contributed by atoms with Gasteiger partial charge in [0.05, 0.1) is 26.9 Å². The SMILES string of the molecule is COCCN(C)C(=O)C(Cc1ccccc1)N(Cc1ccc(N2CCOCC2)nc1)C(=O)C=Cc1ccc(OC)cc1. The first-order valence-electron chi connectivity index (χ1n) is 14.2. The standard InChI is InChI=1S/C33H40N4O5/c1-35(17-20-40-2)33(39)30(23-27-7-5-4-6-8-27)37(32(38)16-12-26-9-13-29(41-3)14-10-26)25-28-11-15-31(34-24-28)36-18-21-42-22-19-36/h4-16,24,30H,17-23,25H2,1-3H3. The normalized spacial score (nSPS) is 14.0. The Morgan fingerprint density at radius 3 is 2.38 bits per heavy atom. The van der Waals surface area contributed by atoms with Gasteiger partial charge in [0.25, 0.3) is 0 Å². The van der Waals surface area contributed by atoms with E-state index in [1.54, 1.807) is 43.3 Å². The van der Waals surface area contributed by atoms with Crippen molar-refractivity contribution in [2.24, 2.45) is 0 Å². The molecule has 9 heteroatoms. The smallest absolute Gasteiger partial charge is 0.247 e. The average molecular weight is 573 g/mol. The van der Waals surface area contributed by atoms with Crippen LogP contribution in [0.4, 0.5) is 5.82 Å². The van der Waals surface area contributed by atoms with Crippen LogP contribution in [0, 0.1) is 0 Å². The maximum Gasteiger partial charge on any atom is 0.247 e. The van der Waals surface area contributed by atoms with E-state index in [1.807, 2.05) is 66.7 Å². The van der Waals surface area contributed by atoms with Crippen molar-refractivity contribution in [2.45, 2.75) is 19.0 Å². The predicted molar refractivity (Wildman–Crippen MR) is 163 cm³/mol. The number of aromatic nitrogens is 1. The number of nitrogens with zero attached hydrogens (tertiary/aromatic N) is 4. The molecule has 1 unspecified atom stereocenters. The number of hydrogen-bond donors (Lipinski definition) is 0. The first kappa shape index (κ1) is 30.7. The van der Waals surface area contributed by atoms with Crippen LogP contribution in [0.2, 0.25) is 0 Å². The summed E-state index contributed by atoms with van der Waals surface area (Å²) in [7, 11) is 4.96. The molecular weight excluding hydrogens is 532 g/mol. The fourth-order valence-electron chi connectivity index (χ4n) is 4.77. The quantitative estimate of drug-likeness (QED) is 0.289. The molecule has 0 N–H and O–H groups in total. The molecular formula is C33H40N4O5. The Morgan fingerprint density at radius 1 is 1.00 bits per heavy atom. The molecule has 0 saturated carbocycles. The zero-order valence-electron chi connectivity index (χ0n) is 24.6. The van der Waals surface area contributed by atoms with Gasteiger partial charge in [0, 0.05) is 59.0 Å². The molecule has 0 aliphatic carbocycles. The molecule has 222 valence electrons. The Hall–Kier alpha value is -4.21. The van der Waals surface area contributed by atoms with Gasteiger partial charge in [-0.3, -0.25) is 9.59 Å². The van der Waals surface area contributed by atoms with Gasteiger partial charge in [-0.25, -0.2) is 4.98 Å². The van der Waals surface area contributed by atoms with Crippen LogP contribution in [0.25, 0.3) is 6.08 Å². The largest absolute Gasteiger partial charge is 0.497 e. The molecule has 9 nitrogen and oxygen atoms in total.